The lowest BCUT2D eigenvalue weighted by molar-refractivity contribution is -0.150. The van der Waals surface area contributed by atoms with Gasteiger partial charge in [0.2, 0.25) is 12.2 Å². The van der Waals surface area contributed by atoms with Crippen molar-refractivity contribution in [1.29, 1.82) is 10.5 Å². The third kappa shape index (κ3) is 16.6. The van der Waals surface area contributed by atoms with Crippen LogP contribution < -0.4 is 14.2 Å². The largest absolute Gasteiger partial charge is 0.494 e. The lowest BCUT2D eigenvalue weighted by atomic mass is 9.95. The molecule has 91 heavy (non-hydrogen) atoms. The quantitative estimate of drug-likeness (QED) is 0.0329. The van der Waals surface area contributed by atoms with Crippen molar-refractivity contribution in [2.75, 3.05) is 6.61 Å². The van der Waals surface area contributed by atoms with Crippen LogP contribution in [0.25, 0.3) is 11.1 Å². The molecule has 3 aliphatic carbocycles. The van der Waals surface area contributed by atoms with E-state index in [1.807, 2.05) is 125 Å². The summed E-state index contributed by atoms with van der Waals surface area (Å²) in [4.78, 5) is 38.4. The Morgan fingerprint density at radius 3 is 1.73 bits per heavy atom. The average molecular weight is 1340 g/mol. The summed E-state index contributed by atoms with van der Waals surface area (Å²) in [6, 6.07) is 55.3. The van der Waals surface area contributed by atoms with Crippen LogP contribution in [0.1, 0.15) is 81.1 Å². The number of nitriles is 2. The van der Waals surface area contributed by atoms with Gasteiger partial charge in [0, 0.05) is 17.5 Å². The van der Waals surface area contributed by atoms with Gasteiger partial charge in [-0.05, 0) is 131 Å². The van der Waals surface area contributed by atoms with Crippen LogP contribution >= 0.6 is 58.0 Å². The van der Waals surface area contributed by atoms with Gasteiger partial charge >= 0.3 is 24.1 Å². The summed E-state index contributed by atoms with van der Waals surface area (Å²) in [5.41, 5.74) is 3.12. The molecule has 0 spiro atoms. The SMILES string of the molecule is CC1(C)C(C=C(Cl)Cl)C1C(=O)OC(C#N)c1ccc(F)c(Oc2ccccc2)c1.CCOc1ccc(C2(C(=O)OC(C#N)c3cccc(Oc4ccccc4)c3)CC2(Cl)Cl)cc1.Cc1c(COC(=O)C2C(/C=C(\Cl)C(F)(F)F)C2(C)C)cccc1-c1ccccc1. The zero-order chi connectivity index (χ0) is 66.1. The van der Waals surface area contributed by atoms with Crippen molar-refractivity contribution in [2.45, 2.75) is 82.7 Å². The fourth-order valence-electron chi connectivity index (χ4n) is 10.7. The highest BCUT2D eigenvalue weighted by Gasteiger charge is 2.73. The van der Waals surface area contributed by atoms with Crippen LogP contribution in [0.5, 0.6) is 28.7 Å². The van der Waals surface area contributed by atoms with E-state index in [9.17, 15) is 42.5 Å². The number of ether oxygens (including phenoxy) is 6. The normalized spacial score (nSPS) is 20.0. The van der Waals surface area contributed by atoms with Gasteiger partial charge in [-0.1, -0.05) is 207 Å². The first-order chi connectivity index (χ1) is 43.2. The van der Waals surface area contributed by atoms with Crippen LogP contribution in [0.3, 0.4) is 0 Å². The van der Waals surface area contributed by atoms with Crippen LogP contribution in [0.2, 0.25) is 0 Å². The Morgan fingerprint density at radius 2 is 1.16 bits per heavy atom. The number of para-hydroxylation sites is 2. The zero-order valence-electron chi connectivity index (χ0n) is 50.0. The van der Waals surface area contributed by atoms with Gasteiger partial charge in [-0.2, -0.15) is 23.7 Å². The van der Waals surface area contributed by atoms with E-state index >= 15 is 0 Å². The number of esters is 3. The molecular weight excluding hydrogens is 1280 g/mol. The van der Waals surface area contributed by atoms with Gasteiger partial charge in [-0.3, -0.25) is 14.4 Å². The molecule has 0 aromatic heterocycles. The van der Waals surface area contributed by atoms with Gasteiger partial charge in [-0.25, -0.2) is 4.39 Å². The van der Waals surface area contributed by atoms with Crippen molar-refractivity contribution >= 4 is 75.9 Å². The summed E-state index contributed by atoms with van der Waals surface area (Å²) in [6.45, 7) is 11.7. The molecule has 472 valence electrons. The molecule has 7 unspecified atom stereocenters. The Hall–Kier alpha value is -8.02. The molecule has 0 saturated heterocycles. The highest BCUT2D eigenvalue weighted by molar-refractivity contribution is 6.56. The molecule has 7 aromatic carbocycles. The van der Waals surface area contributed by atoms with Crippen LogP contribution in [-0.2, 0) is 40.6 Å². The highest BCUT2D eigenvalue weighted by Crippen LogP contribution is 2.66. The fraction of sp³-hybridized carbons (Fsp3) is 0.282. The zero-order valence-corrected chi connectivity index (χ0v) is 53.7. The fourth-order valence-corrected chi connectivity index (χ4v) is 11.9. The molecule has 10 rings (SSSR count). The monoisotopic (exact) mass is 1340 g/mol. The molecule has 0 amide bonds. The third-order valence-electron chi connectivity index (χ3n) is 16.2. The number of halogens is 9. The molecular formula is C71H61Cl5F4N2O9. The van der Waals surface area contributed by atoms with E-state index in [-0.39, 0.29) is 34.6 Å². The van der Waals surface area contributed by atoms with Crippen molar-refractivity contribution in [3.63, 3.8) is 0 Å². The Balaban J connectivity index is 0.000000176. The maximum absolute atomic E-state index is 14.2. The molecule has 11 nitrogen and oxygen atoms in total. The van der Waals surface area contributed by atoms with E-state index in [1.165, 1.54) is 18.2 Å². The Bertz CT molecular complexity index is 3890. The minimum Gasteiger partial charge on any atom is -0.494 e. The van der Waals surface area contributed by atoms with E-state index in [0.717, 1.165) is 28.3 Å². The van der Waals surface area contributed by atoms with Crippen molar-refractivity contribution in [3.05, 3.63) is 231 Å². The number of carbonyl (C=O) groups is 3. The second-order valence-electron chi connectivity index (χ2n) is 22.9. The topological polar surface area (TPSA) is 154 Å². The summed E-state index contributed by atoms with van der Waals surface area (Å²) < 4.78 is 84.3. The molecule has 3 aliphatic rings. The first-order valence-corrected chi connectivity index (χ1v) is 30.5. The number of rotatable bonds is 19. The molecule has 0 aliphatic heterocycles. The van der Waals surface area contributed by atoms with Gasteiger partial charge in [0.25, 0.3) is 0 Å². The Kier molecular flexibility index (Phi) is 22.0. The van der Waals surface area contributed by atoms with Crippen LogP contribution in [0, 0.1) is 69.9 Å². The van der Waals surface area contributed by atoms with Crippen molar-refractivity contribution in [1.82, 2.24) is 0 Å². The molecule has 7 aromatic rings. The Morgan fingerprint density at radius 1 is 0.637 bits per heavy atom. The Labute approximate surface area is 550 Å². The molecule has 0 heterocycles. The molecule has 7 atom stereocenters. The molecule has 3 saturated carbocycles. The summed E-state index contributed by atoms with van der Waals surface area (Å²) in [7, 11) is 0. The average Bonchev–Trinajstić information content (AvgIpc) is 1.54. The number of carbonyl (C=O) groups excluding carboxylic acids is 3. The lowest BCUT2D eigenvalue weighted by Gasteiger charge is -2.20. The number of benzene rings is 7. The highest BCUT2D eigenvalue weighted by atomic mass is 35.5. The number of nitrogens with zero attached hydrogens (tertiary/aromatic N) is 2. The van der Waals surface area contributed by atoms with Crippen LogP contribution in [-0.4, -0.2) is 35.0 Å². The first kappa shape index (κ1) is 68.9. The molecule has 0 bridgehead atoms. The summed E-state index contributed by atoms with van der Waals surface area (Å²) in [5, 5.41) is 18.0. The summed E-state index contributed by atoms with van der Waals surface area (Å²) in [6.07, 6.45) is -4.25. The minimum atomic E-state index is -4.61. The second-order valence-corrected chi connectivity index (χ2v) is 25.8. The minimum absolute atomic E-state index is 0.0634. The van der Waals surface area contributed by atoms with Crippen molar-refractivity contribution < 1.29 is 60.4 Å². The maximum Gasteiger partial charge on any atom is 0.426 e. The second kappa shape index (κ2) is 29.1. The predicted molar refractivity (Wildman–Crippen MR) is 341 cm³/mol. The number of hydrogen-bond acceptors (Lipinski definition) is 11. The van der Waals surface area contributed by atoms with E-state index in [1.54, 1.807) is 92.7 Å². The van der Waals surface area contributed by atoms with Crippen LogP contribution in [0.4, 0.5) is 17.6 Å². The molecule has 3 fully saturated rings. The first-order valence-electron chi connectivity index (χ1n) is 28.6. The third-order valence-corrected chi connectivity index (χ3v) is 17.7. The van der Waals surface area contributed by atoms with Gasteiger partial charge in [0.15, 0.2) is 11.6 Å². The molecule has 20 heteroatoms. The van der Waals surface area contributed by atoms with Gasteiger partial charge in [0.1, 0.15) is 61.0 Å². The summed E-state index contributed by atoms with van der Waals surface area (Å²) >= 11 is 29.6. The number of allylic oxidation sites excluding steroid dienone is 3. The molecule has 0 N–H and O–H groups in total. The van der Waals surface area contributed by atoms with E-state index in [0.29, 0.717) is 46.3 Å². The maximum atomic E-state index is 14.2. The summed E-state index contributed by atoms with van der Waals surface area (Å²) in [5.74, 6) is -1.94. The van der Waals surface area contributed by atoms with Crippen molar-refractivity contribution in [2.24, 2.45) is 34.5 Å². The van der Waals surface area contributed by atoms with Gasteiger partial charge in [0.05, 0.1) is 18.4 Å². The van der Waals surface area contributed by atoms with Crippen molar-refractivity contribution in [3.8, 4) is 52.0 Å². The van der Waals surface area contributed by atoms with E-state index < -0.39 is 80.1 Å². The number of alkyl halides is 5. The standard InChI is InChI=1S/C26H21Cl2NO4.C23H22ClF3O2.C22H18Cl2FNO3/c1-2-31-20-13-11-19(12-14-20)25(17-26(25,27)28)24(30)33-23(16-29)18-7-6-10-22(15-18)32-21-8-4-3-5-9-21;1-14-16(10-7-11-17(14)15-8-5-4-6-9-15)13-29-21(28)20-18(22(20,2)3)12-19(24)23(25,26)27;1-22(2)15(11-19(23)24)20(22)21(27)29-18(12-26)13-8-9-16(25)17(10-13)28-14-6-4-3-5-7-14/h3-15,23H,2,17H2,1H3;4-12,18,20H,13H2,1-3H3;3-11,15,18,20H,1-2H3/b;19-12-;. The van der Waals surface area contributed by atoms with Gasteiger partial charge < -0.3 is 28.4 Å². The van der Waals surface area contributed by atoms with E-state index in [2.05, 4.69) is 0 Å². The van der Waals surface area contributed by atoms with Gasteiger partial charge in [-0.15, -0.1) is 0 Å². The number of hydrogen-bond donors (Lipinski definition) is 0. The smallest absolute Gasteiger partial charge is 0.426 e. The molecule has 0 radical (unpaired) electrons. The van der Waals surface area contributed by atoms with E-state index in [4.69, 9.17) is 86.4 Å². The predicted octanol–water partition coefficient (Wildman–Crippen LogP) is 19.5. The lowest BCUT2D eigenvalue weighted by Crippen LogP contribution is -2.30. The van der Waals surface area contributed by atoms with Crippen LogP contribution in [0.15, 0.2) is 198 Å².